The lowest BCUT2D eigenvalue weighted by Crippen LogP contribution is -2.21. The van der Waals surface area contributed by atoms with E-state index in [9.17, 15) is 4.79 Å². The molecule has 18 heavy (non-hydrogen) atoms. The standard InChI is InChI=1S/C14H17NO2S/c1-10(15-8-7-14(16)17-2)13-9-11-5-3-4-6-12(11)18-13/h3-6,9-10,15H,7-8H2,1-2H3. The normalized spacial score (nSPS) is 12.6. The van der Waals surface area contributed by atoms with Crippen LogP contribution in [0.2, 0.25) is 0 Å². The summed E-state index contributed by atoms with van der Waals surface area (Å²) in [7, 11) is 1.41. The van der Waals surface area contributed by atoms with Gasteiger partial charge in [0.1, 0.15) is 0 Å². The van der Waals surface area contributed by atoms with Crippen LogP contribution in [-0.2, 0) is 9.53 Å². The average Bonchev–Trinajstić information content (AvgIpc) is 2.82. The molecule has 3 nitrogen and oxygen atoms in total. The number of hydrogen-bond acceptors (Lipinski definition) is 4. The molecule has 0 aliphatic heterocycles. The van der Waals surface area contributed by atoms with Crippen molar-refractivity contribution in [3.63, 3.8) is 0 Å². The Morgan fingerprint density at radius 3 is 2.94 bits per heavy atom. The lowest BCUT2D eigenvalue weighted by Gasteiger charge is -2.10. The second kappa shape index (κ2) is 5.98. The average molecular weight is 263 g/mol. The fourth-order valence-corrected chi connectivity index (χ4v) is 2.90. The van der Waals surface area contributed by atoms with E-state index in [0.717, 1.165) is 0 Å². The Hall–Kier alpha value is -1.39. The number of ether oxygens (including phenoxy) is 1. The molecule has 0 bridgehead atoms. The van der Waals surface area contributed by atoms with Gasteiger partial charge < -0.3 is 10.1 Å². The van der Waals surface area contributed by atoms with E-state index in [0.29, 0.717) is 13.0 Å². The van der Waals surface area contributed by atoms with Gasteiger partial charge in [-0.2, -0.15) is 0 Å². The number of fused-ring (bicyclic) bond motifs is 1. The number of carbonyl (C=O) groups excluding carboxylic acids is 1. The van der Waals surface area contributed by atoms with Crippen LogP contribution in [0.15, 0.2) is 30.3 Å². The third-order valence-corrected chi connectivity index (χ3v) is 4.18. The van der Waals surface area contributed by atoms with Gasteiger partial charge >= 0.3 is 5.97 Å². The number of nitrogens with one attached hydrogen (secondary N) is 1. The summed E-state index contributed by atoms with van der Waals surface area (Å²) in [6.45, 7) is 2.75. The molecule has 1 aromatic heterocycles. The topological polar surface area (TPSA) is 38.3 Å². The number of esters is 1. The highest BCUT2D eigenvalue weighted by Gasteiger charge is 2.09. The van der Waals surface area contributed by atoms with E-state index < -0.39 is 0 Å². The van der Waals surface area contributed by atoms with Gasteiger partial charge in [-0.05, 0) is 24.4 Å². The van der Waals surface area contributed by atoms with Gasteiger partial charge in [0.25, 0.3) is 0 Å². The van der Waals surface area contributed by atoms with Gasteiger partial charge in [0, 0.05) is 22.2 Å². The maximum absolute atomic E-state index is 11.0. The van der Waals surface area contributed by atoms with Crippen LogP contribution in [0.3, 0.4) is 0 Å². The molecule has 2 rings (SSSR count). The molecule has 0 spiro atoms. The van der Waals surface area contributed by atoms with Crippen molar-refractivity contribution in [3.8, 4) is 0 Å². The molecule has 1 heterocycles. The summed E-state index contributed by atoms with van der Waals surface area (Å²) in [6, 6.07) is 10.8. The lowest BCUT2D eigenvalue weighted by molar-refractivity contribution is -0.140. The predicted octanol–water partition coefficient (Wildman–Crippen LogP) is 3.12. The minimum absolute atomic E-state index is 0.175. The van der Waals surface area contributed by atoms with Crippen molar-refractivity contribution in [2.75, 3.05) is 13.7 Å². The fourth-order valence-electron chi connectivity index (χ4n) is 1.81. The Labute approximate surface area is 111 Å². The molecule has 0 aliphatic rings. The Morgan fingerprint density at radius 1 is 1.44 bits per heavy atom. The summed E-state index contributed by atoms with van der Waals surface area (Å²) in [4.78, 5) is 12.3. The minimum Gasteiger partial charge on any atom is -0.469 e. The molecular formula is C14H17NO2S. The van der Waals surface area contributed by atoms with Gasteiger partial charge in [0.15, 0.2) is 0 Å². The lowest BCUT2D eigenvalue weighted by atomic mass is 10.2. The van der Waals surface area contributed by atoms with Crippen molar-refractivity contribution in [1.82, 2.24) is 5.32 Å². The first-order valence-corrected chi connectivity index (χ1v) is 6.81. The van der Waals surface area contributed by atoms with Crippen molar-refractivity contribution in [2.24, 2.45) is 0 Å². The third-order valence-electron chi connectivity index (χ3n) is 2.88. The van der Waals surface area contributed by atoms with Gasteiger partial charge in [0.05, 0.1) is 13.5 Å². The van der Waals surface area contributed by atoms with E-state index >= 15 is 0 Å². The summed E-state index contributed by atoms with van der Waals surface area (Å²) >= 11 is 1.79. The molecular weight excluding hydrogens is 246 g/mol. The van der Waals surface area contributed by atoms with Gasteiger partial charge in [-0.15, -0.1) is 11.3 Å². The summed E-state index contributed by atoms with van der Waals surface area (Å²) in [5, 5.41) is 4.61. The third kappa shape index (κ3) is 3.09. The fraction of sp³-hybridized carbons (Fsp3) is 0.357. The molecule has 0 radical (unpaired) electrons. The number of benzene rings is 1. The molecule has 0 fully saturated rings. The Bertz CT molecular complexity index is 502. The molecule has 1 N–H and O–H groups in total. The van der Waals surface area contributed by atoms with E-state index in [2.05, 4.69) is 41.2 Å². The van der Waals surface area contributed by atoms with Gasteiger partial charge in [0.2, 0.25) is 0 Å². The van der Waals surface area contributed by atoms with Crippen molar-refractivity contribution in [3.05, 3.63) is 35.2 Å². The van der Waals surface area contributed by atoms with E-state index in [4.69, 9.17) is 0 Å². The van der Waals surface area contributed by atoms with Crippen LogP contribution < -0.4 is 5.32 Å². The Morgan fingerprint density at radius 2 is 2.22 bits per heavy atom. The summed E-state index contributed by atoms with van der Waals surface area (Å²) in [5.74, 6) is -0.175. The number of carbonyl (C=O) groups is 1. The Kier molecular flexibility index (Phi) is 4.33. The van der Waals surface area contributed by atoms with Gasteiger partial charge in [-0.3, -0.25) is 4.79 Å². The summed E-state index contributed by atoms with van der Waals surface area (Å²) in [5.41, 5.74) is 0. The number of thiophene rings is 1. The zero-order valence-electron chi connectivity index (χ0n) is 10.6. The molecule has 1 aromatic carbocycles. The molecule has 96 valence electrons. The second-order valence-electron chi connectivity index (χ2n) is 4.19. The largest absolute Gasteiger partial charge is 0.469 e. The zero-order chi connectivity index (χ0) is 13.0. The highest BCUT2D eigenvalue weighted by Crippen LogP contribution is 2.29. The molecule has 0 saturated carbocycles. The van der Waals surface area contributed by atoms with Crippen molar-refractivity contribution >= 4 is 27.4 Å². The Balaban J connectivity index is 1.96. The van der Waals surface area contributed by atoms with Crippen LogP contribution in [-0.4, -0.2) is 19.6 Å². The minimum atomic E-state index is -0.175. The van der Waals surface area contributed by atoms with Crippen molar-refractivity contribution in [1.29, 1.82) is 0 Å². The van der Waals surface area contributed by atoms with Crippen molar-refractivity contribution < 1.29 is 9.53 Å². The van der Waals surface area contributed by atoms with Crippen LogP contribution in [0.25, 0.3) is 10.1 Å². The quantitative estimate of drug-likeness (QED) is 0.842. The van der Waals surface area contributed by atoms with Crippen molar-refractivity contribution in [2.45, 2.75) is 19.4 Å². The number of hydrogen-bond donors (Lipinski definition) is 1. The molecule has 0 amide bonds. The van der Waals surface area contributed by atoms with Crippen LogP contribution >= 0.6 is 11.3 Å². The van der Waals surface area contributed by atoms with E-state index in [1.165, 1.54) is 22.1 Å². The predicted molar refractivity (Wildman–Crippen MR) is 74.9 cm³/mol. The maximum atomic E-state index is 11.0. The molecule has 2 aromatic rings. The van der Waals surface area contributed by atoms with Crippen LogP contribution in [0.5, 0.6) is 0 Å². The molecule has 1 atom stereocenters. The first-order valence-electron chi connectivity index (χ1n) is 5.99. The zero-order valence-corrected chi connectivity index (χ0v) is 11.4. The summed E-state index contributed by atoms with van der Waals surface area (Å²) in [6.07, 6.45) is 0.408. The smallest absolute Gasteiger partial charge is 0.306 e. The molecule has 1 unspecified atom stereocenters. The SMILES string of the molecule is COC(=O)CCNC(C)c1cc2ccccc2s1. The van der Waals surface area contributed by atoms with Gasteiger partial charge in [-0.25, -0.2) is 0 Å². The van der Waals surface area contributed by atoms with Crippen LogP contribution in [0.1, 0.15) is 24.3 Å². The van der Waals surface area contributed by atoms with E-state index in [1.54, 1.807) is 11.3 Å². The first-order chi connectivity index (χ1) is 8.70. The second-order valence-corrected chi connectivity index (χ2v) is 5.30. The van der Waals surface area contributed by atoms with E-state index in [1.807, 2.05) is 6.07 Å². The van der Waals surface area contributed by atoms with Crippen LogP contribution in [0.4, 0.5) is 0 Å². The molecule has 0 aliphatic carbocycles. The maximum Gasteiger partial charge on any atom is 0.306 e. The summed E-state index contributed by atoms with van der Waals surface area (Å²) < 4.78 is 5.91. The number of rotatable bonds is 5. The van der Waals surface area contributed by atoms with E-state index in [-0.39, 0.29) is 12.0 Å². The number of methoxy groups -OCH3 is 1. The molecule has 4 heteroatoms. The highest BCUT2D eigenvalue weighted by atomic mass is 32.1. The molecule has 0 saturated heterocycles. The highest BCUT2D eigenvalue weighted by molar-refractivity contribution is 7.19. The monoisotopic (exact) mass is 263 g/mol. The van der Waals surface area contributed by atoms with Crippen LogP contribution in [0, 0.1) is 0 Å². The van der Waals surface area contributed by atoms with Gasteiger partial charge in [-0.1, -0.05) is 18.2 Å². The first kappa shape index (κ1) is 13.1.